The minimum Gasteiger partial charge on any atom is -0.497 e. The van der Waals surface area contributed by atoms with E-state index in [9.17, 15) is 0 Å². The molecule has 16 heavy (non-hydrogen) atoms. The van der Waals surface area contributed by atoms with Gasteiger partial charge in [0.05, 0.1) is 7.11 Å². The van der Waals surface area contributed by atoms with Crippen LogP contribution in [0.25, 0.3) is 5.57 Å². The third kappa shape index (κ3) is 2.28. The first-order valence-electron chi connectivity index (χ1n) is 5.31. The van der Waals surface area contributed by atoms with Gasteiger partial charge in [-0.2, -0.15) is 0 Å². The van der Waals surface area contributed by atoms with Crippen LogP contribution in [0.1, 0.15) is 30.5 Å². The second kappa shape index (κ2) is 4.90. The number of ether oxygens (including phenoxy) is 1. The lowest BCUT2D eigenvalue weighted by molar-refractivity contribution is 0.414. The van der Waals surface area contributed by atoms with Crippen molar-refractivity contribution in [2.24, 2.45) is 0 Å². The van der Waals surface area contributed by atoms with E-state index in [2.05, 4.69) is 26.7 Å². The molecule has 0 heterocycles. The largest absolute Gasteiger partial charge is 0.497 e. The fraction of sp³-hybridized carbons (Fsp3) is 0.333. The number of terminal acetylenes is 1. The number of methoxy groups -OCH3 is 1. The molecule has 0 atom stereocenters. The van der Waals surface area contributed by atoms with E-state index in [-0.39, 0.29) is 0 Å². The highest BCUT2D eigenvalue weighted by atomic mass is 16.5. The Morgan fingerprint density at radius 3 is 2.06 bits per heavy atom. The van der Waals surface area contributed by atoms with Crippen LogP contribution in [-0.2, 0) is 0 Å². The lowest BCUT2D eigenvalue weighted by Crippen LogP contribution is -1.95. The first kappa shape index (κ1) is 12.4. The third-order valence-electron chi connectivity index (χ3n) is 2.90. The molecule has 0 unspecified atom stereocenters. The topological polar surface area (TPSA) is 9.23 Å². The van der Waals surface area contributed by atoms with Gasteiger partial charge in [-0.1, -0.05) is 5.92 Å². The molecule has 0 amide bonds. The number of rotatable bonds is 2. The summed E-state index contributed by atoms with van der Waals surface area (Å²) in [7, 11) is 1.68. The molecular weight excluding hydrogens is 196 g/mol. The van der Waals surface area contributed by atoms with Gasteiger partial charge >= 0.3 is 0 Å². The van der Waals surface area contributed by atoms with Crippen LogP contribution in [-0.4, -0.2) is 7.11 Å². The first-order chi connectivity index (χ1) is 7.51. The van der Waals surface area contributed by atoms with E-state index in [4.69, 9.17) is 11.2 Å². The quantitative estimate of drug-likeness (QED) is 0.681. The third-order valence-corrected chi connectivity index (χ3v) is 2.90. The summed E-state index contributed by atoms with van der Waals surface area (Å²) >= 11 is 0. The van der Waals surface area contributed by atoms with Crippen molar-refractivity contribution in [2.45, 2.75) is 27.7 Å². The van der Waals surface area contributed by atoms with Crippen molar-refractivity contribution >= 4 is 5.57 Å². The van der Waals surface area contributed by atoms with Crippen molar-refractivity contribution < 1.29 is 4.74 Å². The van der Waals surface area contributed by atoms with Crippen molar-refractivity contribution in [1.29, 1.82) is 0 Å². The first-order valence-corrected chi connectivity index (χ1v) is 5.31. The van der Waals surface area contributed by atoms with E-state index in [1.54, 1.807) is 7.11 Å². The van der Waals surface area contributed by atoms with Crippen molar-refractivity contribution in [1.82, 2.24) is 0 Å². The summed E-state index contributed by atoms with van der Waals surface area (Å²) in [5.74, 6) is 3.59. The molecule has 0 fully saturated rings. The van der Waals surface area contributed by atoms with Gasteiger partial charge in [0.25, 0.3) is 0 Å². The predicted octanol–water partition coefficient (Wildman–Crippen LogP) is 3.74. The molecule has 0 radical (unpaired) electrons. The summed E-state index contributed by atoms with van der Waals surface area (Å²) in [6, 6.07) is 4.07. The maximum absolute atomic E-state index is 5.43. The highest BCUT2D eigenvalue weighted by Gasteiger charge is 2.08. The van der Waals surface area contributed by atoms with Crippen LogP contribution in [0.2, 0.25) is 0 Å². The summed E-state index contributed by atoms with van der Waals surface area (Å²) in [6.45, 7) is 8.20. The van der Waals surface area contributed by atoms with Gasteiger partial charge in [0.2, 0.25) is 0 Å². The average Bonchev–Trinajstić information content (AvgIpc) is 2.26. The fourth-order valence-corrected chi connectivity index (χ4v) is 1.93. The highest BCUT2D eigenvalue weighted by Crippen LogP contribution is 2.28. The minimum atomic E-state index is 0.893. The summed E-state index contributed by atoms with van der Waals surface area (Å²) in [4.78, 5) is 0. The lowest BCUT2D eigenvalue weighted by atomic mass is 9.93. The zero-order valence-corrected chi connectivity index (χ0v) is 10.6. The van der Waals surface area contributed by atoms with Gasteiger partial charge in [-0.25, -0.2) is 0 Å². The molecule has 1 nitrogen and oxygen atoms in total. The van der Waals surface area contributed by atoms with E-state index in [1.165, 1.54) is 22.3 Å². The SMILES string of the molecule is C#CC(C)=C(C)c1c(C)cc(OC)cc1C. The molecular formula is C15H18O. The molecule has 0 N–H and O–H groups in total. The Morgan fingerprint density at radius 2 is 1.69 bits per heavy atom. The van der Waals surface area contributed by atoms with Gasteiger partial charge in [0, 0.05) is 5.57 Å². The number of benzene rings is 1. The van der Waals surface area contributed by atoms with Crippen molar-refractivity contribution in [3.05, 3.63) is 34.4 Å². The monoisotopic (exact) mass is 214 g/mol. The van der Waals surface area contributed by atoms with E-state index >= 15 is 0 Å². The smallest absolute Gasteiger partial charge is 0.119 e. The molecule has 1 aromatic carbocycles. The van der Waals surface area contributed by atoms with Crippen LogP contribution in [0.5, 0.6) is 5.75 Å². The van der Waals surface area contributed by atoms with Crippen LogP contribution in [0, 0.1) is 26.2 Å². The van der Waals surface area contributed by atoms with Crippen molar-refractivity contribution in [2.75, 3.05) is 7.11 Å². The zero-order valence-electron chi connectivity index (χ0n) is 10.6. The highest BCUT2D eigenvalue weighted by molar-refractivity contribution is 5.74. The van der Waals surface area contributed by atoms with Crippen LogP contribution < -0.4 is 4.74 Å². The Labute approximate surface area is 98.1 Å². The van der Waals surface area contributed by atoms with Crippen LogP contribution in [0.3, 0.4) is 0 Å². The van der Waals surface area contributed by atoms with Gasteiger partial charge in [-0.15, -0.1) is 6.42 Å². The second-order valence-electron chi connectivity index (χ2n) is 4.03. The number of allylic oxidation sites excluding steroid dienone is 2. The van der Waals surface area contributed by atoms with E-state index < -0.39 is 0 Å². The number of hydrogen-bond acceptors (Lipinski definition) is 1. The van der Waals surface area contributed by atoms with Crippen molar-refractivity contribution in [3.8, 4) is 18.1 Å². The van der Waals surface area contributed by atoms with Gasteiger partial charge in [0.1, 0.15) is 5.75 Å². The van der Waals surface area contributed by atoms with E-state index in [1.807, 2.05) is 19.1 Å². The standard InChI is InChI=1S/C15H18O/c1-7-10(2)13(5)15-11(3)8-14(16-6)9-12(15)4/h1,8-9H,2-6H3. The molecule has 1 rings (SSSR count). The summed E-state index contributed by atoms with van der Waals surface area (Å²) in [5, 5.41) is 0. The van der Waals surface area contributed by atoms with Gasteiger partial charge in [0.15, 0.2) is 0 Å². The average molecular weight is 214 g/mol. The molecule has 0 saturated heterocycles. The molecule has 0 aromatic heterocycles. The summed E-state index contributed by atoms with van der Waals surface area (Å²) in [6.07, 6.45) is 5.43. The predicted molar refractivity (Wildman–Crippen MR) is 69.6 cm³/mol. The normalized spacial score (nSPS) is 11.8. The van der Waals surface area contributed by atoms with E-state index in [0.29, 0.717) is 0 Å². The molecule has 84 valence electrons. The molecule has 0 saturated carbocycles. The molecule has 1 heteroatoms. The van der Waals surface area contributed by atoms with Crippen LogP contribution >= 0.6 is 0 Å². The van der Waals surface area contributed by atoms with Crippen LogP contribution in [0.15, 0.2) is 17.7 Å². The maximum atomic E-state index is 5.43. The molecule has 0 aliphatic carbocycles. The molecule has 1 aromatic rings. The second-order valence-corrected chi connectivity index (χ2v) is 4.03. The van der Waals surface area contributed by atoms with Gasteiger partial charge in [-0.05, 0) is 62.1 Å². The molecule has 0 spiro atoms. The lowest BCUT2D eigenvalue weighted by Gasteiger charge is -2.13. The Balaban J connectivity index is 3.43. The number of hydrogen-bond donors (Lipinski definition) is 0. The zero-order chi connectivity index (χ0) is 12.3. The fourth-order valence-electron chi connectivity index (χ4n) is 1.93. The van der Waals surface area contributed by atoms with Crippen LogP contribution in [0.4, 0.5) is 0 Å². The maximum Gasteiger partial charge on any atom is 0.119 e. The molecule has 0 aliphatic heterocycles. The Morgan fingerprint density at radius 1 is 1.19 bits per heavy atom. The van der Waals surface area contributed by atoms with Gasteiger partial charge < -0.3 is 4.74 Å². The van der Waals surface area contributed by atoms with Crippen molar-refractivity contribution in [3.63, 3.8) is 0 Å². The summed E-state index contributed by atoms with van der Waals surface area (Å²) < 4.78 is 5.24. The Kier molecular flexibility index (Phi) is 3.79. The van der Waals surface area contributed by atoms with Gasteiger partial charge in [-0.3, -0.25) is 0 Å². The summed E-state index contributed by atoms with van der Waals surface area (Å²) in [5.41, 5.74) is 5.78. The molecule has 0 aliphatic rings. The molecule has 0 bridgehead atoms. The Hall–Kier alpha value is -1.68. The van der Waals surface area contributed by atoms with E-state index in [0.717, 1.165) is 11.3 Å². The minimum absolute atomic E-state index is 0.893. The number of aryl methyl sites for hydroxylation is 2. The Bertz CT molecular complexity index is 450.